The van der Waals surface area contributed by atoms with E-state index in [1.165, 1.54) is 0 Å². The van der Waals surface area contributed by atoms with Crippen LogP contribution < -0.4 is 4.74 Å². The molecule has 1 aromatic carbocycles. The van der Waals surface area contributed by atoms with E-state index >= 15 is 0 Å². The summed E-state index contributed by atoms with van der Waals surface area (Å²) in [5.74, 6) is -3.45. The highest BCUT2D eigenvalue weighted by molar-refractivity contribution is 5.76. The maximum atomic E-state index is 12.9. The van der Waals surface area contributed by atoms with Gasteiger partial charge in [0.15, 0.2) is 5.60 Å². The number of carbonyl (C=O) groups is 1. The van der Waals surface area contributed by atoms with Gasteiger partial charge in [-0.1, -0.05) is 0 Å². The number of rotatable bonds is 4. The first kappa shape index (κ1) is 15.2. The smallest absolute Gasteiger partial charge is 0.419 e. The number of carboxylic acids is 1. The molecule has 0 aromatic heterocycles. The van der Waals surface area contributed by atoms with Crippen LogP contribution in [0.2, 0.25) is 0 Å². The third-order valence-electron chi connectivity index (χ3n) is 2.22. The number of carboxylic acid groups (broad SMARTS) is 1. The molecule has 1 rings (SSSR count). The molecule has 0 aliphatic heterocycles. The van der Waals surface area contributed by atoms with Crippen LogP contribution in [0.4, 0.5) is 17.6 Å². The summed E-state index contributed by atoms with van der Waals surface area (Å²) in [6.45, 7) is 0.148. The van der Waals surface area contributed by atoms with Gasteiger partial charge in [-0.2, -0.15) is 13.2 Å². The molecule has 1 atom stereocenters. The summed E-state index contributed by atoms with van der Waals surface area (Å²) < 4.78 is 54.9. The van der Waals surface area contributed by atoms with E-state index in [0.717, 1.165) is 13.0 Å². The number of benzene rings is 1. The number of aliphatic hydroxyl groups is 1. The van der Waals surface area contributed by atoms with Crippen molar-refractivity contribution >= 4 is 5.97 Å². The van der Waals surface area contributed by atoms with Crippen LogP contribution in [0.3, 0.4) is 0 Å². The lowest BCUT2D eigenvalue weighted by Crippen LogP contribution is -2.41. The Morgan fingerprint density at radius 3 is 2.42 bits per heavy atom. The Labute approximate surface area is 105 Å². The lowest BCUT2D eigenvalue weighted by atomic mass is 10.1. The summed E-state index contributed by atoms with van der Waals surface area (Å²) >= 11 is 0. The van der Waals surface area contributed by atoms with Gasteiger partial charge >= 0.3 is 12.1 Å². The summed E-state index contributed by atoms with van der Waals surface area (Å²) in [5.41, 5.74) is -3.78. The standard InChI is InChI=1S/C11H10F4O4/c1-10(18,9(16)17)5-19-6-2-3-8(12)7(4-6)11(13,14)15/h2-4,18H,5H2,1H3,(H,16,17). The van der Waals surface area contributed by atoms with E-state index in [9.17, 15) is 27.5 Å². The van der Waals surface area contributed by atoms with E-state index in [0.29, 0.717) is 12.1 Å². The number of halogens is 4. The van der Waals surface area contributed by atoms with Crippen molar-refractivity contribution in [2.24, 2.45) is 0 Å². The Hall–Kier alpha value is -1.83. The van der Waals surface area contributed by atoms with Crippen LogP contribution in [0.15, 0.2) is 18.2 Å². The molecule has 0 fully saturated rings. The fourth-order valence-corrected chi connectivity index (χ4v) is 1.10. The predicted molar refractivity (Wildman–Crippen MR) is 55.2 cm³/mol. The Bertz CT molecular complexity index is 482. The second kappa shape index (κ2) is 5.04. The Morgan fingerprint density at radius 2 is 1.95 bits per heavy atom. The summed E-state index contributed by atoms with van der Waals surface area (Å²) in [6, 6.07) is 1.85. The van der Waals surface area contributed by atoms with E-state index in [2.05, 4.69) is 0 Å². The molecule has 0 amide bonds. The predicted octanol–water partition coefficient (Wildman–Crippen LogP) is 2.06. The highest BCUT2D eigenvalue weighted by Gasteiger charge is 2.35. The number of hydrogen-bond donors (Lipinski definition) is 2. The minimum Gasteiger partial charge on any atom is -0.490 e. The summed E-state index contributed by atoms with van der Waals surface area (Å²) in [6.07, 6.45) is -4.89. The normalized spacial score (nSPS) is 14.8. The van der Waals surface area contributed by atoms with Crippen molar-refractivity contribution in [1.29, 1.82) is 0 Å². The zero-order valence-electron chi connectivity index (χ0n) is 9.66. The monoisotopic (exact) mass is 282 g/mol. The molecule has 0 aliphatic rings. The molecule has 19 heavy (non-hydrogen) atoms. The Kier molecular flexibility index (Phi) is 4.04. The first-order valence-corrected chi connectivity index (χ1v) is 4.99. The molecule has 0 bridgehead atoms. The van der Waals surface area contributed by atoms with Gasteiger partial charge in [-0.3, -0.25) is 0 Å². The maximum absolute atomic E-state index is 12.9. The van der Waals surface area contributed by atoms with Crippen molar-refractivity contribution in [2.75, 3.05) is 6.61 Å². The van der Waals surface area contributed by atoms with Crippen molar-refractivity contribution < 1.29 is 37.3 Å². The largest absolute Gasteiger partial charge is 0.490 e. The van der Waals surface area contributed by atoms with Crippen molar-refractivity contribution in [1.82, 2.24) is 0 Å². The van der Waals surface area contributed by atoms with Crippen molar-refractivity contribution in [3.63, 3.8) is 0 Å². The van der Waals surface area contributed by atoms with Gasteiger partial charge in [-0.25, -0.2) is 9.18 Å². The molecular formula is C11H10F4O4. The van der Waals surface area contributed by atoms with E-state index in [4.69, 9.17) is 9.84 Å². The summed E-state index contributed by atoms with van der Waals surface area (Å²) in [4.78, 5) is 10.6. The van der Waals surface area contributed by atoms with E-state index in [1.54, 1.807) is 0 Å². The molecule has 4 nitrogen and oxygen atoms in total. The van der Waals surface area contributed by atoms with E-state index < -0.39 is 41.5 Å². The molecule has 2 N–H and O–H groups in total. The van der Waals surface area contributed by atoms with Gasteiger partial charge < -0.3 is 14.9 Å². The van der Waals surface area contributed by atoms with Gasteiger partial charge in [0.2, 0.25) is 0 Å². The molecule has 8 heteroatoms. The van der Waals surface area contributed by atoms with Gasteiger partial charge in [0.05, 0.1) is 5.56 Å². The van der Waals surface area contributed by atoms with Gasteiger partial charge in [-0.15, -0.1) is 0 Å². The van der Waals surface area contributed by atoms with Crippen LogP contribution in [0.5, 0.6) is 5.75 Å². The minimum absolute atomic E-state index is 0.393. The van der Waals surface area contributed by atoms with Crippen LogP contribution >= 0.6 is 0 Å². The average molecular weight is 282 g/mol. The van der Waals surface area contributed by atoms with Crippen LogP contribution in [-0.2, 0) is 11.0 Å². The fraction of sp³-hybridized carbons (Fsp3) is 0.364. The molecule has 0 saturated carbocycles. The quantitative estimate of drug-likeness (QED) is 0.829. The SMILES string of the molecule is CC(O)(COc1ccc(F)c(C(F)(F)F)c1)C(=O)O. The maximum Gasteiger partial charge on any atom is 0.419 e. The van der Waals surface area contributed by atoms with E-state index in [1.807, 2.05) is 0 Å². The average Bonchev–Trinajstić information content (AvgIpc) is 2.26. The molecule has 0 spiro atoms. The highest BCUT2D eigenvalue weighted by Crippen LogP contribution is 2.33. The summed E-state index contributed by atoms with van der Waals surface area (Å²) in [7, 11) is 0. The lowest BCUT2D eigenvalue weighted by molar-refractivity contribution is -0.159. The molecule has 1 unspecified atom stereocenters. The Morgan fingerprint density at radius 1 is 1.37 bits per heavy atom. The van der Waals surface area contributed by atoms with Gasteiger partial charge in [0.1, 0.15) is 18.2 Å². The van der Waals surface area contributed by atoms with Crippen molar-refractivity contribution in [2.45, 2.75) is 18.7 Å². The molecule has 0 saturated heterocycles. The Balaban J connectivity index is 2.90. The van der Waals surface area contributed by atoms with Gasteiger partial charge in [-0.05, 0) is 25.1 Å². The molecule has 106 valence electrons. The number of ether oxygens (including phenoxy) is 1. The first-order chi connectivity index (χ1) is 8.54. The second-order valence-electron chi connectivity index (χ2n) is 4.01. The zero-order chi connectivity index (χ0) is 14.8. The highest BCUT2D eigenvalue weighted by atomic mass is 19.4. The lowest BCUT2D eigenvalue weighted by Gasteiger charge is -2.19. The summed E-state index contributed by atoms with van der Waals surface area (Å²) in [5, 5.41) is 17.9. The first-order valence-electron chi connectivity index (χ1n) is 4.99. The molecule has 0 radical (unpaired) electrons. The number of hydrogen-bond acceptors (Lipinski definition) is 3. The van der Waals surface area contributed by atoms with Crippen LogP contribution in [0.1, 0.15) is 12.5 Å². The van der Waals surface area contributed by atoms with Crippen LogP contribution in [-0.4, -0.2) is 28.4 Å². The van der Waals surface area contributed by atoms with Crippen molar-refractivity contribution in [3.05, 3.63) is 29.6 Å². The molecule has 0 aliphatic carbocycles. The van der Waals surface area contributed by atoms with Crippen LogP contribution in [0, 0.1) is 5.82 Å². The third kappa shape index (κ3) is 3.82. The molecule has 0 heterocycles. The number of aliphatic carboxylic acids is 1. The molecule has 1 aromatic rings. The number of alkyl halides is 3. The van der Waals surface area contributed by atoms with Gasteiger partial charge in [0, 0.05) is 0 Å². The van der Waals surface area contributed by atoms with E-state index in [-0.39, 0.29) is 0 Å². The zero-order valence-corrected chi connectivity index (χ0v) is 9.66. The topological polar surface area (TPSA) is 66.8 Å². The van der Waals surface area contributed by atoms with Crippen molar-refractivity contribution in [3.8, 4) is 5.75 Å². The van der Waals surface area contributed by atoms with Crippen LogP contribution in [0.25, 0.3) is 0 Å². The third-order valence-corrected chi connectivity index (χ3v) is 2.22. The molecular weight excluding hydrogens is 272 g/mol. The minimum atomic E-state index is -4.89. The fourth-order valence-electron chi connectivity index (χ4n) is 1.10. The second-order valence-corrected chi connectivity index (χ2v) is 4.01. The van der Waals surface area contributed by atoms with Gasteiger partial charge in [0.25, 0.3) is 0 Å².